The number of aromatic nitrogens is 4. The van der Waals surface area contributed by atoms with Crippen LogP contribution in [0.3, 0.4) is 0 Å². The van der Waals surface area contributed by atoms with E-state index in [1.807, 2.05) is 0 Å². The lowest BCUT2D eigenvalue weighted by Crippen LogP contribution is -2.16. The molecule has 0 radical (unpaired) electrons. The molecule has 0 aliphatic heterocycles. The standard InChI is InChI=1S/C25H23N7O4S/c1-25(2,13-26)24-28-16(12-37-24)23(34)27-15-6-7-17(35-3)18(10-15)36-21-9-8-20-29-19(11-32(20)31-21)30-22(33)14-4-5-14/h6-12,14H,4-5H2,1-3H3,(H,27,34)(H,30,33). The van der Waals surface area contributed by atoms with E-state index in [1.165, 1.54) is 23.0 Å². The summed E-state index contributed by atoms with van der Waals surface area (Å²) in [5.41, 5.74) is 0.452. The average molecular weight is 518 g/mol. The van der Waals surface area contributed by atoms with Crippen LogP contribution in [0.15, 0.2) is 41.9 Å². The van der Waals surface area contributed by atoms with Crippen LogP contribution in [0, 0.1) is 17.2 Å². The third-order valence-corrected chi connectivity index (χ3v) is 6.85. The van der Waals surface area contributed by atoms with Gasteiger partial charge in [0.1, 0.15) is 16.1 Å². The molecule has 2 amide bonds. The first kappa shape index (κ1) is 24.2. The predicted molar refractivity (Wildman–Crippen MR) is 136 cm³/mol. The van der Waals surface area contributed by atoms with Gasteiger partial charge in [-0.15, -0.1) is 16.4 Å². The number of hydrogen-bond donors (Lipinski definition) is 2. The lowest BCUT2D eigenvalue weighted by atomic mass is 9.97. The number of nitriles is 1. The average Bonchev–Trinajstić information content (AvgIpc) is 3.47. The van der Waals surface area contributed by atoms with Crippen LogP contribution >= 0.6 is 11.3 Å². The van der Waals surface area contributed by atoms with Crippen molar-refractivity contribution >= 4 is 40.3 Å². The summed E-state index contributed by atoms with van der Waals surface area (Å²) >= 11 is 1.26. The number of hydrogen-bond acceptors (Lipinski definition) is 9. The fourth-order valence-electron chi connectivity index (χ4n) is 3.41. The molecule has 2 N–H and O–H groups in total. The molecule has 1 fully saturated rings. The van der Waals surface area contributed by atoms with Gasteiger partial charge < -0.3 is 20.1 Å². The van der Waals surface area contributed by atoms with E-state index in [0.29, 0.717) is 33.7 Å². The predicted octanol–water partition coefficient (Wildman–Crippen LogP) is 4.39. The molecule has 37 heavy (non-hydrogen) atoms. The summed E-state index contributed by atoms with van der Waals surface area (Å²) in [5.74, 6) is 1.08. The van der Waals surface area contributed by atoms with E-state index in [9.17, 15) is 14.9 Å². The zero-order chi connectivity index (χ0) is 26.2. The van der Waals surface area contributed by atoms with Crippen molar-refractivity contribution in [1.82, 2.24) is 19.6 Å². The number of methoxy groups -OCH3 is 1. The maximum atomic E-state index is 12.8. The van der Waals surface area contributed by atoms with Crippen molar-refractivity contribution in [2.24, 2.45) is 5.92 Å². The van der Waals surface area contributed by atoms with E-state index >= 15 is 0 Å². The van der Waals surface area contributed by atoms with Gasteiger partial charge in [-0.2, -0.15) is 5.26 Å². The maximum Gasteiger partial charge on any atom is 0.275 e. The Labute approximate surface area is 216 Å². The number of carbonyl (C=O) groups is 2. The number of thiazole rings is 1. The topological polar surface area (TPSA) is 144 Å². The first-order valence-electron chi connectivity index (χ1n) is 11.5. The van der Waals surface area contributed by atoms with Crippen molar-refractivity contribution in [3.63, 3.8) is 0 Å². The molecule has 0 atom stereocenters. The summed E-state index contributed by atoms with van der Waals surface area (Å²) < 4.78 is 12.9. The zero-order valence-electron chi connectivity index (χ0n) is 20.3. The maximum absolute atomic E-state index is 12.8. The summed E-state index contributed by atoms with van der Waals surface area (Å²) in [5, 5.41) is 21.5. The van der Waals surface area contributed by atoms with Gasteiger partial charge in [0, 0.05) is 29.1 Å². The van der Waals surface area contributed by atoms with E-state index in [1.54, 1.807) is 55.8 Å². The highest BCUT2D eigenvalue weighted by molar-refractivity contribution is 7.10. The third-order valence-electron chi connectivity index (χ3n) is 5.68. The highest BCUT2D eigenvalue weighted by atomic mass is 32.1. The minimum Gasteiger partial charge on any atom is -0.493 e. The summed E-state index contributed by atoms with van der Waals surface area (Å²) in [6.45, 7) is 3.50. The molecule has 0 unspecified atom stereocenters. The summed E-state index contributed by atoms with van der Waals surface area (Å²) in [7, 11) is 1.51. The van der Waals surface area contributed by atoms with Crippen LogP contribution < -0.4 is 20.1 Å². The van der Waals surface area contributed by atoms with Crippen LogP contribution in [0.25, 0.3) is 5.65 Å². The van der Waals surface area contributed by atoms with Gasteiger partial charge in [-0.1, -0.05) is 0 Å². The molecule has 3 heterocycles. The Morgan fingerprint density at radius 2 is 1.97 bits per heavy atom. The van der Waals surface area contributed by atoms with Gasteiger partial charge in [0.2, 0.25) is 11.8 Å². The minimum absolute atomic E-state index is 0.0360. The normalized spacial score (nSPS) is 13.1. The quantitative estimate of drug-likeness (QED) is 0.350. The number of nitrogens with one attached hydrogen (secondary N) is 2. The number of amides is 2. The largest absolute Gasteiger partial charge is 0.493 e. The van der Waals surface area contributed by atoms with Crippen LogP contribution in [0.4, 0.5) is 11.5 Å². The monoisotopic (exact) mass is 517 g/mol. The Balaban J connectivity index is 1.33. The van der Waals surface area contributed by atoms with Crippen LogP contribution in [-0.4, -0.2) is 38.5 Å². The van der Waals surface area contributed by atoms with Crippen molar-refractivity contribution in [2.45, 2.75) is 32.1 Å². The zero-order valence-corrected chi connectivity index (χ0v) is 21.1. The highest BCUT2D eigenvalue weighted by Crippen LogP contribution is 2.34. The molecule has 1 aliphatic rings. The molecule has 12 heteroatoms. The number of benzene rings is 1. The van der Waals surface area contributed by atoms with Crippen molar-refractivity contribution in [3.8, 4) is 23.4 Å². The molecule has 188 valence electrons. The Morgan fingerprint density at radius 3 is 2.70 bits per heavy atom. The highest BCUT2D eigenvalue weighted by Gasteiger charge is 2.30. The van der Waals surface area contributed by atoms with Gasteiger partial charge in [-0.3, -0.25) is 9.59 Å². The SMILES string of the molecule is COc1ccc(NC(=O)c2csc(C(C)(C)C#N)n2)cc1Oc1ccc2nc(NC(=O)C3CC3)cn2n1. The van der Waals surface area contributed by atoms with Crippen molar-refractivity contribution in [2.75, 3.05) is 17.7 Å². The van der Waals surface area contributed by atoms with Gasteiger partial charge in [0.15, 0.2) is 23.0 Å². The molecule has 0 bridgehead atoms. The smallest absolute Gasteiger partial charge is 0.275 e. The Bertz CT molecular complexity index is 1550. The fourth-order valence-corrected chi connectivity index (χ4v) is 4.28. The lowest BCUT2D eigenvalue weighted by Gasteiger charge is -2.12. The van der Waals surface area contributed by atoms with Crippen LogP contribution in [-0.2, 0) is 10.2 Å². The van der Waals surface area contributed by atoms with Gasteiger partial charge >= 0.3 is 0 Å². The molecule has 5 rings (SSSR count). The Morgan fingerprint density at radius 1 is 1.16 bits per heavy atom. The molecule has 0 spiro atoms. The molecule has 1 saturated carbocycles. The molecule has 4 aromatic rings. The molecule has 1 aromatic carbocycles. The van der Waals surface area contributed by atoms with Crippen LogP contribution in [0.1, 0.15) is 42.2 Å². The Kier molecular flexibility index (Phi) is 6.22. The van der Waals surface area contributed by atoms with E-state index in [2.05, 4.69) is 31.8 Å². The molecular weight excluding hydrogens is 494 g/mol. The van der Waals surface area contributed by atoms with Crippen molar-refractivity contribution in [3.05, 3.63) is 52.6 Å². The second kappa shape index (κ2) is 9.51. The summed E-state index contributed by atoms with van der Waals surface area (Å²) in [6, 6.07) is 10.5. The van der Waals surface area contributed by atoms with Gasteiger partial charge in [0.25, 0.3) is 5.91 Å². The third kappa shape index (κ3) is 5.22. The van der Waals surface area contributed by atoms with E-state index < -0.39 is 11.3 Å². The number of carbonyl (C=O) groups excluding carboxylic acids is 2. The number of ether oxygens (including phenoxy) is 2. The van der Waals surface area contributed by atoms with Crippen LogP contribution in [0.5, 0.6) is 17.4 Å². The first-order chi connectivity index (χ1) is 17.8. The first-order valence-corrected chi connectivity index (χ1v) is 12.4. The minimum atomic E-state index is -0.781. The fraction of sp³-hybridized carbons (Fsp3) is 0.280. The lowest BCUT2D eigenvalue weighted by molar-refractivity contribution is -0.117. The molecule has 1 aliphatic carbocycles. The number of anilines is 2. The molecule has 0 saturated heterocycles. The molecular formula is C25H23N7O4S. The molecule has 11 nitrogen and oxygen atoms in total. The van der Waals surface area contributed by atoms with Gasteiger partial charge in [-0.25, -0.2) is 14.5 Å². The van der Waals surface area contributed by atoms with E-state index in [-0.39, 0.29) is 23.4 Å². The van der Waals surface area contributed by atoms with Crippen molar-refractivity contribution < 1.29 is 19.1 Å². The molecule has 3 aromatic heterocycles. The number of rotatable bonds is 8. The van der Waals surface area contributed by atoms with E-state index in [4.69, 9.17) is 9.47 Å². The van der Waals surface area contributed by atoms with Crippen molar-refractivity contribution in [1.29, 1.82) is 5.26 Å². The summed E-state index contributed by atoms with van der Waals surface area (Å²) in [4.78, 5) is 33.5. The Hall–Kier alpha value is -4.50. The second-order valence-electron chi connectivity index (χ2n) is 9.06. The number of fused-ring (bicyclic) bond motifs is 1. The second-order valence-corrected chi connectivity index (χ2v) is 9.92. The van der Waals surface area contributed by atoms with Crippen LogP contribution in [0.2, 0.25) is 0 Å². The van der Waals surface area contributed by atoms with E-state index in [0.717, 1.165) is 12.8 Å². The van der Waals surface area contributed by atoms with Gasteiger partial charge in [0.05, 0.1) is 19.4 Å². The number of nitrogens with zero attached hydrogens (tertiary/aromatic N) is 5. The summed E-state index contributed by atoms with van der Waals surface area (Å²) in [6.07, 6.45) is 3.42. The number of imidazole rings is 1. The van der Waals surface area contributed by atoms with Gasteiger partial charge in [-0.05, 0) is 44.9 Å².